The van der Waals surface area contributed by atoms with Crippen molar-refractivity contribution in [3.63, 3.8) is 0 Å². The minimum Gasteiger partial charge on any atom is -0.116 e. The molecule has 0 nitrogen and oxygen atoms in total. The summed E-state index contributed by atoms with van der Waals surface area (Å²) < 4.78 is 1.31. The minimum atomic E-state index is 0.800. The number of rotatable bonds is 0. The molecule has 40 valence electrons. The first-order valence-corrected chi connectivity index (χ1v) is 3.98. The van der Waals surface area contributed by atoms with Gasteiger partial charge in [0, 0.05) is 9.06 Å². The van der Waals surface area contributed by atoms with Gasteiger partial charge in [0.15, 0.2) is 0 Å². The molecule has 1 rings (SSSR count). The van der Waals surface area contributed by atoms with E-state index in [9.17, 15) is 0 Å². The zero-order chi connectivity index (χ0) is 5.28. The van der Waals surface area contributed by atoms with Crippen molar-refractivity contribution in [1.82, 2.24) is 0 Å². The molecule has 1 heterocycles. The van der Waals surface area contributed by atoms with E-state index in [0.717, 1.165) is 5.25 Å². The molecule has 0 saturated heterocycles. The van der Waals surface area contributed by atoms with E-state index in [1.54, 1.807) is 0 Å². The van der Waals surface area contributed by atoms with Crippen molar-refractivity contribution in [2.24, 2.45) is 0 Å². The molecule has 0 N–H and O–H groups in total. The monoisotopic (exact) mass is 178 g/mol. The van der Waals surface area contributed by atoms with Crippen LogP contribution < -0.4 is 0 Å². The van der Waals surface area contributed by atoms with Crippen molar-refractivity contribution in [2.75, 3.05) is 0 Å². The van der Waals surface area contributed by atoms with Crippen LogP contribution in [0, 0.1) is 0 Å². The summed E-state index contributed by atoms with van der Waals surface area (Å²) >= 11 is 5.30. The summed E-state index contributed by atoms with van der Waals surface area (Å²) in [4.78, 5) is 0. The van der Waals surface area contributed by atoms with Gasteiger partial charge in [-0.3, -0.25) is 0 Å². The van der Waals surface area contributed by atoms with Crippen LogP contribution in [0.15, 0.2) is 9.89 Å². The van der Waals surface area contributed by atoms with Crippen molar-refractivity contribution >= 4 is 27.7 Å². The second kappa shape index (κ2) is 2.23. The normalized spacial score (nSPS) is 30.6. The number of hydrogen-bond acceptors (Lipinski definition) is 1. The summed E-state index contributed by atoms with van der Waals surface area (Å²) in [6.45, 7) is 2.23. The van der Waals surface area contributed by atoms with Gasteiger partial charge in [0.1, 0.15) is 0 Å². The Bertz CT molecular complexity index is 98.3. The van der Waals surface area contributed by atoms with Crippen LogP contribution in [0.2, 0.25) is 0 Å². The van der Waals surface area contributed by atoms with Crippen LogP contribution in [0.1, 0.15) is 13.3 Å². The summed E-state index contributed by atoms with van der Waals surface area (Å²) in [6.07, 6.45) is 3.45. The Labute approximate surface area is 56.5 Å². The Kier molecular flexibility index (Phi) is 1.81. The van der Waals surface area contributed by atoms with Crippen molar-refractivity contribution in [3.8, 4) is 0 Å². The smallest absolute Gasteiger partial charge is 0.0465 e. The van der Waals surface area contributed by atoms with Gasteiger partial charge in [-0.25, -0.2) is 0 Å². The highest BCUT2D eigenvalue weighted by Crippen LogP contribution is 2.35. The lowest BCUT2D eigenvalue weighted by molar-refractivity contribution is 1.00. The topological polar surface area (TPSA) is 0 Å². The third-order valence-electron chi connectivity index (χ3n) is 0.924. The zero-order valence-corrected chi connectivity index (χ0v) is 6.55. The number of allylic oxidation sites excluding steroid dienone is 1. The molecule has 7 heavy (non-hydrogen) atoms. The number of halogens is 1. The van der Waals surface area contributed by atoms with Crippen molar-refractivity contribution in [2.45, 2.75) is 18.6 Å². The Morgan fingerprint density at radius 2 is 2.71 bits per heavy atom. The van der Waals surface area contributed by atoms with Crippen LogP contribution in [0.3, 0.4) is 0 Å². The highest BCUT2D eigenvalue weighted by atomic mass is 79.9. The highest BCUT2D eigenvalue weighted by molar-refractivity contribution is 9.14. The van der Waals surface area contributed by atoms with E-state index in [2.05, 4.69) is 28.9 Å². The standard InChI is InChI=1S/C5H7BrS/c1-4-2-3-5(6)7-4/h3-4H,2H2,1H3. The molecule has 0 radical (unpaired) electrons. The van der Waals surface area contributed by atoms with Gasteiger partial charge in [0.2, 0.25) is 0 Å². The second-order valence-corrected chi connectivity index (χ2v) is 4.53. The molecule has 0 aromatic heterocycles. The van der Waals surface area contributed by atoms with Crippen LogP contribution in [-0.4, -0.2) is 5.25 Å². The summed E-state index contributed by atoms with van der Waals surface area (Å²) in [6, 6.07) is 0. The van der Waals surface area contributed by atoms with Gasteiger partial charge in [-0.1, -0.05) is 13.0 Å². The quantitative estimate of drug-likeness (QED) is 0.550. The van der Waals surface area contributed by atoms with E-state index in [1.807, 2.05) is 11.8 Å². The maximum atomic E-state index is 3.40. The first-order valence-electron chi connectivity index (χ1n) is 2.31. The number of hydrogen-bond donors (Lipinski definition) is 0. The molecule has 0 bridgehead atoms. The lowest BCUT2D eigenvalue weighted by Gasteiger charge is -1.94. The van der Waals surface area contributed by atoms with E-state index < -0.39 is 0 Å². The molecule has 1 aliphatic rings. The van der Waals surface area contributed by atoms with Crippen LogP contribution >= 0.6 is 27.7 Å². The van der Waals surface area contributed by atoms with Crippen molar-refractivity contribution < 1.29 is 0 Å². The van der Waals surface area contributed by atoms with Crippen LogP contribution in [0.5, 0.6) is 0 Å². The molecule has 0 aromatic carbocycles. The summed E-state index contributed by atoms with van der Waals surface area (Å²) in [5, 5.41) is 0.800. The molecule has 1 unspecified atom stereocenters. The molecule has 0 fully saturated rings. The maximum absolute atomic E-state index is 3.40. The molecular formula is C5H7BrS. The second-order valence-electron chi connectivity index (χ2n) is 1.67. The Balaban J connectivity index is 2.42. The van der Waals surface area contributed by atoms with Gasteiger partial charge in [-0.2, -0.15) is 0 Å². The van der Waals surface area contributed by atoms with Gasteiger partial charge in [-0.05, 0) is 22.4 Å². The maximum Gasteiger partial charge on any atom is 0.0465 e. The molecule has 1 aliphatic heterocycles. The molecule has 0 amide bonds. The first kappa shape index (κ1) is 5.70. The molecule has 2 heteroatoms. The molecular weight excluding hydrogens is 172 g/mol. The van der Waals surface area contributed by atoms with E-state index in [4.69, 9.17) is 0 Å². The average Bonchev–Trinajstić information content (AvgIpc) is 1.87. The van der Waals surface area contributed by atoms with Gasteiger partial charge in [-0.15, -0.1) is 11.8 Å². The van der Waals surface area contributed by atoms with E-state index in [1.165, 1.54) is 10.2 Å². The SMILES string of the molecule is CC1CC=C(Br)S1. The lowest BCUT2D eigenvalue weighted by Crippen LogP contribution is -1.83. The number of thioether (sulfide) groups is 1. The fraction of sp³-hybridized carbons (Fsp3) is 0.600. The van der Waals surface area contributed by atoms with Crippen LogP contribution in [-0.2, 0) is 0 Å². The minimum absolute atomic E-state index is 0.800. The van der Waals surface area contributed by atoms with E-state index in [0.29, 0.717) is 0 Å². The molecule has 0 aromatic rings. The van der Waals surface area contributed by atoms with Gasteiger partial charge in [0.05, 0.1) is 0 Å². The molecule has 1 atom stereocenters. The Morgan fingerprint density at radius 1 is 2.00 bits per heavy atom. The van der Waals surface area contributed by atoms with Gasteiger partial charge >= 0.3 is 0 Å². The summed E-state index contributed by atoms with van der Waals surface area (Å²) in [5.41, 5.74) is 0. The molecule has 0 aliphatic carbocycles. The summed E-state index contributed by atoms with van der Waals surface area (Å²) in [5.74, 6) is 0. The van der Waals surface area contributed by atoms with Gasteiger partial charge in [0.25, 0.3) is 0 Å². The zero-order valence-electron chi connectivity index (χ0n) is 4.15. The van der Waals surface area contributed by atoms with Crippen LogP contribution in [0.25, 0.3) is 0 Å². The lowest BCUT2D eigenvalue weighted by atomic mass is 10.3. The first-order chi connectivity index (χ1) is 3.29. The summed E-state index contributed by atoms with van der Waals surface area (Å²) in [7, 11) is 0. The van der Waals surface area contributed by atoms with E-state index >= 15 is 0 Å². The van der Waals surface area contributed by atoms with Crippen LogP contribution in [0.4, 0.5) is 0 Å². The highest BCUT2D eigenvalue weighted by Gasteiger charge is 2.08. The predicted octanol–water partition coefficient (Wildman–Crippen LogP) is 2.75. The van der Waals surface area contributed by atoms with Gasteiger partial charge < -0.3 is 0 Å². The van der Waals surface area contributed by atoms with Crippen molar-refractivity contribution in [1.29, 1.82) is 0 Å². The third-order valence-corrected chi connectivity index (χ3v) is 2.80. The van der Waals surface area contributed by atoms with E-state index in [-0.39, 0.29) is 0 Å². The molecule has 0 saturated carbocycles. The largest absolute Gasteiger partial charge is 0.116 e. The average molecular weight is 179 g/mol. The molecule has 0 spiro atoms. The third kappa shape index (κ3) is 1.50. The fourth-order valence-corrected chi connectivity index (χ4v) is 2.46. The Hall–Kier alpha value is 0.570. The Morgan fingerprint density at radius 3 is 2.86 bits per heavy atom. The predicted molar refractivity (Wildman–Crippen MR) is 38.7 cm³/mol. The van der Waals surface area contributed by atoms with Crippen molar-refractivity contribution in [3.05, 3.63) is 9.89 Å². The fourth-order valence-electron chi connectivity index (χ4n) is 0.547.